The van der Waals surface area contributed by atoms with Crippen molar-refractivity contribution in [2.24, 2.45) is 5.10 Å². The molecule has 4 heteroatoms. The van der Waals surface area contributed by atoms with Crippen LogP contribution in [0.15, 0.2) is 29.4 Å². The van der Waals surface area contributed by atoms with E-state index in [-0.39, 0.29) is 5.82 Å². The summed E-state index contributed by atoms with van der Waals surface area (Å²) in [6.07, 6.45) is 0. The predicted octanol–water partition coefficient (Wildman–Crippen LogP) is 1.32. The van der Waals surface area contributed by atoms with E-state index in [1.54, 1.807) is 17.1 Å². The normalized spacial score (nSPS) is 16.1. The summed E-state index contributed by atoms with van der Waals surface area (Å²) < 4.78 is 13.4. The number of hydrogen-bond donors (Lipinski definition) is 0. The predicted molar refractivity (Wildman–Crippen MR) is 53.3 cm³/mol. The van der Waals surface area contributed by atoms with Gasteiger partial charge in [-0.05, 0) is 12.1 Å². The van der Waals surface area contributed by atoms with Crippen molar-refractivity contribution in [1.29, 1.82) is 0 Å². The van der Waals surface area contributed by atoms with E-state index in [1.165, 1.54) is 6.07 Å². The molecule has 0 fully saturated rings. The third kappa shape index (κ3) is 1.43. The smallest absolute Gasteiger partial charge is 0.160 e. The molecule has 1 aromatic rings. The van der Waals surface area contributed by atoms with Gasteiger partial charge in [0.15, 0.2) is 5.84 Å². The van der Waals surface area contributed by atoms with E-state index in [2.05, 4.69) is 5.10 Å². The Bertz CT molecular complexity index is 375. The largest absolute Gasteiger partial charge is 0.339 e. The van der Waals surface area contributed by atoms with Gasteiger partial charge in [0.05, 0.1) is 5.56 Å². The number of hydrogen-bond acceptors (Lipinski definition) is 3. The third-order valence-electron chi connectivity index (χ3n) is 2.16. The highest BCUT2D eigenvalue weighted by atomic mass is 19.1. The van der Waals surface area contributed by atoms with Crippen LogP contribution in [0.3, 0.4) is 0 Å². The maximum atomic E-state index is 13.4. The summed E-state index contributed by atoms with van der Waals surface area (Å²) in [6, 6.07) is 6.68. The molecule has 0 spiro atoms. The van der Waals surface area contributed by atoms with Crippen molar-refractivity contribution in [2.75, 3.05) is 20.8 Å². The number of rotatable bonds is 1. The summed E-state index contributed by atoms with van der Waals surface area (Å²) in [5, 5.41) is 6.02. The molecule has 0 amide bonds. The van der Waals surface area contributed by atoms with Gasteiger partial charge in [0, 0.05) is 14.1 Å². The van der Waals surface area contributed by atoms with Gasteiger partial charge in [0.2, 0.25) is 0 Å². The maximum absolute atomic E-state index is 13.4. The highest BCUT2D eigenvalue weighted by molar-refractivity contribution is 5.99. The van der Waals surface area contributed by atoms with Crippen molar-refractivity contribution in [2.45, 2.75) is 0 Å². The summed E-state index contributed by atoms with van der Waals surface area (Å²) in [6.45, 7) is 0.698. The minimum absolute atomic E-state index is 0.228. The quantitative estimate of drug-likeness (QED) is 0.670. The second kappa shape index (κ2) is 3.29. The standard InChI is InChI=1S/C10H12FN3/c1-13-7-14(2)12-10(13)8-5-3-4-6-9(8)11/h3-6H,7H2,1-2H3. The van der Waals surface area contributed by atoms with E-state index in [1.807, 2.05) is 25.1 Å². The lowest BCUT2D eigenvalue weighted by Crippen LogP contribution is -2.26. The lowest BCUT2D eigenvalue weighted by Gasteiger charge is -2.13. The minimum atomic E-state index is -0.228. The van der Waals surface area contributed by atoms with Crippen molar-refractivity contribution in [3.63, 3.8) is 0 Å². The van der Waals surface area contributed by atoms with E-state index in [9.17, 15) is 4.39 Å². The Morgan fingerprint density at radius 3 is 2.57 bits per heavy atom. The SMILES string of the molecule is CN1CN(C)C(c2ccccc2F)=N1. The first-order valence-electron chi connectivity index (χ1n) is 4.44. The van der Waals surface area contributed by atoms with E-state index in [0.29, 0.717) is 18.1 Å². The Morgan fingerprint density at radius 2 is 2.00 bits per heavy atom. The van der Waals surface area contributed by atoms with E-state index >= 15 is 0 Å². The molecule has 0 atom stereocenters. The molecular weight excluding hydrogens is 181 g/mol. The molecule has 14 heavy (non-hydrogen) atoms. The first-order chi connectivity index (χ1) is 6.68. The monoisotopic (exact) mass is 193 g/mol. The number of hydrazone groups is 1. The zero-order valence-electron chi connectivity index (χ0n) is 8.24. The first kappa shape index (κ1) is 8.99. The molecule has 0 bridgehead atoms. The fraction of sp³-hybridized carbons (Fsp3) is 0.300. The van der Waals surface area contributed by atoms with Crippen molar-refractivity contribution < 1.29 is 4.39 Å². The van der Waals surface area contributed by atoms with Crippen LogP contribution in [0, 0.1) is 5.82 Å². The van der Waals surface area contributed by atoms with Gasteiger partial charge < -0.3 is 4.90 Å². The second-order valence-electron chi connectivity index (χ2n) is 3.40. The molecule has 1 aliphatic rings. The van der Waals surface area contributed by atoms with Crippen LogP contribution in [-0.2, 0) is 0 Å². The molecule has 0 saturated heterocycles. The summed E-state index contributed by atoms with van der Waals surface area (Å²) in [5.74, 6) is 0.457. The van der Waals surface area contributed by atoms with E-state index in [0.717, 1.165) is 0 Å². The molecule has 0 aliphatic carbocycles. The van der Waals surface area contributed by atoms with Gasteiger partial charge in [-0.3, -0.25) is 5.01 Å². The number of amidine groups is 1. The van der Waals surface area contributed by atoms with Crippen molar-refractivity contribution in [3.05, 3.63) is 35.6 Å². The molecule has 0 aromatic heterocycles. The Kier molecular flexibility index (Phi) is 2.11. The number of benzene rings is 1. The second-order valence-corrected chi connectivity index (χ2v) is 3.40. The average molecular weight is 193 g/mol. The van der Waals surface area contributed by atoms with Crippen LogP contribution in [-0.4, -0.2) is 36.5 Å². The lowest BCUT2D eigenvalue weighted by atomic mass is 10.2. The minimum Gasteiger partial charge on any atom is -0.339 e. The van der Waals surface area contributed by atoms with Gasteiger partial charge in [-0.2, -0.15) is 5.10 Å². The van der Waals surface area contributed by atoms with Gasteiger partial charge in [-0.25, -0.2) is 4.39 Å². The number of nitrogens with zero attached hydrogens (tertiary/aromatic N) is 3. The van der Waals surface area contributed by atoms with Crippen LogP contribution in [0.2, 0.25) is 0 Å². The van der Waals surface area contributed by atoms with Gasteiger partial charge in [-0.1, -0.05) is 12.1 Å². The van der Waals surface area contributed by atoms with Crippen molar-refractivity contribution in [3.8, 4) is 0 Å². The molecule has 1 aliphatic heterocycles. The molecule has 74 valence electrons. The summed E-state index contributed by atoms with van der Waals surface area (Å²) in [4.78, 5) is 1.92. The summed E-state index contributed by atoms with van der Waals surface area (Å²) >= 11 is 0. The Morgan fingerprint density at radius 1 is 1.29 bits per heavy atom. The van der Waals surface area contributed by atoms with Gasteiger partial charge >= 0.3 is 0 Å². The summed E-state index contributed by atoms with van der Waals surface area (Å²) in [5.41, 5.74) is 0.555. The molecule has 2 rings (SSSR count). The van der Waals surface area contributed by atoms with Crippen LogP contribution >= 0.6 is 0 Å². The zero-order valence-corrected chi connectivity index (χ0v) is 8.24. The van der Waals surface area contributed by atoms with E-state index in [4.69, 9.17) is 0 Å². The fourth-order valence-electron chi connectivity index (χ4n) is 1.55. The molecule has 1 heterocycles. The van der Waals surface area contributed by atoms with Crippen molar-refractivity contribution in [1.82, 2.24) is 9.91 Å². The average Bonchev–Trinajstić information content (AvgIpc) is 2.46. The first-order valence-corrected chi connectivity index (χ1v) is 4.44. The lowest BCUT2D eigenvalue weighted by molar-refractivity contribution is 0.303. The Hall–Kier alpha value is -1.58. The third-order valence-corrected chi connectivity index (χ3v) is 2.16. The van der Waals surface area contributed by atoms with Crippen LogP contribution in [0.25, 0.3) is 0 Å². The zero-order chi connectivity index (χ0) is 10.1. The number of halogens is 1. The highest BCUT2D eigenvalue weighted by Crippen LogP contribution is 2.14. The van der Waals surface area contributed by atoms with E-state index < -0.39 is 0 Å². The molecular formula is C10H12FN3. The van der Waals surface area contributed by atoms with Gasteiger partial charge in [0.25, 0.3) is 0 Å². The fourth-order valence-corrected chi connectivity index (χ4v) is 1.55. The topological polar surface area (TPSA) is 18.8 Å². The van der Waals surface area contributed by atoms with Gasteiger partial charge in [-0.15, -0.1) is 0 Å². The van der Waals surface area contributed by atoms with Crippen molar-refractivity contribution >= 4 is 5.84 Å². The van der Waals surface area contributed by atoms with Crippen LogP contribution in [0.4, 0.5) is 4.39 Å². The Balaban J connectivity index is 2.41. The molecule has 0 unspecified atom stereocenters. The Labute approximate surface area is 82.4 Å². The molecule has 0 radical (unpaired) electrons. The molecule has 0 saturated carbocycles. The summed E-state index contributed by atoms with van der Waals surface area (Å²) in [7, 11) is 3.76. The van der Waals surface area contributed by atoms with Crippen LogP contribution in [0.1, 0.15) is 5.56 Å². The highest BCUT2D eigenvalue weighted by Gasteiger charge is 2.20. The molecule has 1 aromatic carbocycles. The van der Waals surface area contributed by atoms with Crippen LogP contribution in [0.5, 0.6) is 0 Å². The molecule has 0 N–H and O–H groups in total. The van der Waals surface area contributed by atoms with Crippen LogP contribution < -0.4 is 0 Å². The maximum Gasteiger partial charge on any atom is 0.160 e. The molecule has 3 nitrogen and oxygen atoms in total. The van der Waals surface area contributed by atoms with Gasteiger partial charge in [0.1, 0.15) is 12.5 Å².